The monoisotopic (exact) mass is 187 g/mol. The Morgan fingerprint density at radius 3 is 2.54 bits per heavy atom. The first-order chi connectivity index (χ1) is 6.24. The second kappa shape index (κ2) is 5.58. The zero-order chi connectivity index (χ0) is 9.68. The third kappa shape index (κ3) is 3.63. The minimum absolute atomic E-state index is 0.148. The number of rotatable bonds is 5. The molecule has 78 valence electrons. The van der Waals surface area contributed by atoms with Gasteiger partial charge in [-0.25, -0.2) is 0 Å². The molecule has 0 amide bonds. The van der Waals surface area contributed by atoms with Gasteiger partial charge in [-0.3, -0.25) is 0 Å². The minimum atomic E-state index is -0.608. The van der Waals surface area contributed by atoms with Crippen molar-refractivity contribution < 1.29 is 10.2 Å². The highest BCUT2D eigenvalue weighted by atomic mass is 16.3. The van der Waals surface area contributed by atoms with E-state index in [0.717, 1.165) is 5.92 Å². The summed E-state index contributed by atoms with van der Waals surface area (Å²) in [7, 11) is 0. The molecule has 0 bridgehead atoms. The lowest BCUT2D eigenvalue weighted by Crippen LogP contribution is -2.38. The highest BCUT2D eigenvalue weighted by Gasteiger charge is 2.21. The van der Waals surface area contributed by atoms with Crippen LogP contribution in [-0.4, -0.2) is 35.5 Å². The molecular weight excluding hydrogens is 166 g/mol. The molecule has 13 heavy (non-hydrogen) atoms. The lowest BCUT2D eigenvalue weighted by molar-refractivity contribution is 0.0903. The van der Waals surface area contributed by atoms with Crippen LogP contribution in [0.3, 0.4) is 0 Å². The molecule has 1 aliphatic rings. The Kier molecular flexibility index (Phi) is 4.70. The molecular formula is C10H21NO2. The van der Waals surface area contributed by atoms with Crippen LogP contribution in [0, 0.1) is 5.92 Å². The topological polar surface area (TPSA) is 52.5 Å². The van der Waals surface area contributed by atoms with Crippen LogP contribution in [0.5, 0.6) is 0 Å². The molecule has 1 saturated carbocycles. The lowest BCUT2D eigenvalue weighted by Gasteiger charge is -2.21. The highest BCUT2D eigenvalue weighted by Crippen LogP contribution is 2.27. The lowest BCUT2D eigenvalue weighted by atomic mass is 10.00. The van der Waals surface area contributed by atoms with Crippen molar-refractivity contribution in [3.63, 3.8) is 0 Å². The van der Waals surface area contributed by atoms with Crippen molar-refractivity contribution >= 4 is 0 Å². The van der Waals surface area contributed by atoms with Gasteiger partial charge in [-0.15, -0.1) is 0 Å². The fourth-order valence-corrected chi connectivity index (χ4v) is 2.01. The predicted molar refractivity (Wildman–Crippen MR) is 52.5 cm³/mol. The molecule has 3 heteroatoms. The average Bonchev–Trinajstić information content (AvgIpc) is 2.66. The van der Waals surface area contributed by atoms with Gasteiger partial charge in [-0.05, 0) is 25.7 Å². The van der Waals surface area contributed by atoms with Gasteiger partial charge in [0.05, 0.1) is 12.7 Å². The van der Waals surface area contributed by atoms with Crippen LogP contribution in [0.15, 0.2) is 0 Å². The second-order valence-electron chi connectivity index (χ2n) is 4.08. The van der Waals surface area contributed by atoms with Crippen LogP contribution >= 0.6 is 0 Å². The summed E-state index contributed by atoms with van der Waals surface area (Å²) in [5, 5.41) is 21.0. The van der Waals surface area contributed by atoms with Gasteiger partial charge in [0.2, 0.25) is 0 Å². The number of hydrogen-bond donors (Lipinski definition) is 3. The van der Waals surface area contributed by atoms with E-state index in [9.17, 15) is 0 Å². The number of nitrogens with one attached hydrogen (secondary N) is 1. The van der Waals surface area contributed by atoms with Crippen molar-refractivity contribution in [2.24, 2.45) is 5.92 Å². The maximum absolute atomic E-state index is 9.14. The zero-order valence-electron chi connectivity index (χ0n) is 8.37. The molecule has 3 nitrogen and oxygen atoms in total. The number of aliphatic hydroxyl groups excluding tert-OH is 2. The molecule has 0 radical (unpaired) electrons. The molecule has 3 N–H and O–H groups in total. The Morgan fingerprint density at radius 1 is 1.38 bits per heavy atom. The van der Waals surface area contributed by atoms with Gasteiger partial charge in [0.15, 0.2) is 0 Å². The SMILES string of the molecule is C[C@@H](NC[C@H](O)CO)C1CCCC1. The molecule has 0 aromatic rings. The van der Waals surface area contributed by atoms with Crippen LogP contribution in [0.4, 0.5) is 0 Å². The van der Waals surface area contributed by atoms with Crippen molar-refractivity contribution in [2.45, 2.75) is 44.8 Å². The molecule has 0 aromatic heterocycles. The van der Waals surface area contributed by atoms with Crippen molar-refractivity contribution in [3.05, 3.63) is 0 Å². The Bertz CT molecular complexity index is 135. The molecule has 0 saturated heterocycles. The smallest absolute Gasteiger partial charge is 0.0895 e. The van der Waals surface area contributed by atoms with E-state index in [-0.39, 0.29) is 6.61 Å². The van der Waals surface area contributed by atoms with E-state index in [2.05, 4.69) is 12.2 Å². The Hall–Kier alpha value is -0.120. The predicted octanol–water partition coefficient (Wildman–Crippen LogP) is 0.508. The van der Waals surface area contributed by atoms with Gasteiger partial charge < -0.3 is 15.5 Å². The summed E-state index contributed by atoms with van der Waals surface area (Å²) in [5.74, 6) is 0.769. The Morgan fingerprint density at radius 2 is 2.00 bits per heavy atom. The quantitative estimate of drug-likeness (QED) is 0.588. The fraction of sp³-hybridized carbons (Fsp3) is 1.00. The first kappa shape index (κ1) is 11.0. The van der Waals surface area contributed by atoms with E-state index in [0.29, 0.717) is 12.6 Å². The Balaban J connectivity index is 2.12. The van der Waals surface area contributed by atoms with E-state index in [1.54, 1.807) is 0 Å². The number of hydrogen-bond acceptors (Lipinski definition) is 3. The van der Waals surface area contributed by atoms with Crippen LogP contribution in [-0.2, 0) is 0 Å². The van der Waals surface area contributed by atoms with Crippen molar-refractivity contribution in [3.8, 4) is 0 Å². The normalized spacial score (nSPS) is 23.3. The van der Waals surface area contributed by atoms with Gasteiger partial charge in [0.25, 0.3) is 0 Å². The van der Waals surface area contributed by atoms with Gasteiger partial charge in [0.1, 0.15) is 0 Å². The standard InChI is InChI=1S/C10H21NO2/c1-8(9-4-2-3-5-9)11-6-10(13)7-12/h8-13H,2-7H2,1H3/t8-,10+/m1/s1. The van der Waals surface area contributed by atoms with Crippen molar-refractivity contribution in [1.29, 1.82) is 0 Å². The van der Waals surface area contributed by atoms with Gasteiger partial charge >= 0.3 is 0 Å². The van der Waals surface area contributed by atoms with E-state index >= 15 is 0 Å². The van der Waals surface area contributed by atoms with Gasteiger partial charge in [-0.2, -0.15) is 0 Å². The molecule has 2 atom stereocenters. The molecule has 0 unspecified atom stereocenters. The summed E-state index contributed by atoms with van der Waals surface area (Å²) >= 11 is 0. The second-order valence-corrected chi connectivity index (χ2v) is 4.08. The maximum Gasteiger partial charge on any atom is 0.0895 e. The molecule has 1 rings (SSSR count). The van der Waals surface area contributed by atoms with E-state index in [1.165, 1.54) is 25.7 Å². The average molecular weight is 187 g/mol. The summed E-state index contributed by atoms with van der Waals surface area (Å²) in [5.41, 5.74) is 0. The summed E-state index contributed by atoms with van der Waals surface area (Å²) in [6, 6.07) is 0.476. The summed E-state index contributed by atoms with van der Waals surface area (Å²) in [6.45, 7) is 2.53. The molecule has 0 spiro atoms. The molecule has 0 aliphatic heterocycles. The first-order valence-electron chi connectivity index (χ1n) is 5.26. The van der Waals surface area contributed by atoms with Crippen LogP contribution in [0.2, 0.25) is 0 Å². The van der Waals surface area contributed by atoms with Gasteiger partial charge in [-0.1, -0.05) is 12.8 Å². The summed E-state index contributed by atoms with van der Waals surface area (Å²) in [6.07, 6.45) is 4.70. The van der Waals surface area contributed by atoms with Crippen LogP contribution < -0.4 is 5.32 Å². The third-order valence-electron chi connectivity index (χ3n) is 2.99. The summed E-state index contributed by atoms with van der Waals surface area (Å²) in [4.78, 5) is 0. The van der Waals surface area contributed by atoms with E-state index in [4.69, 9.17) is 10.2 Å². The number of aliphatic hydroxyl groups is 2. The zero-order valence-corrected chi connectivity index (χ0v) is 8.37. The third-order valence-corrected chi connectivity index (χ3v) is 2.99. The van der Waals surface area contributed by atoms with E-state index < -0.39 is 6.10 Å². The molecule has 1 fully saturated rings. The molecule has 1 aliphatic carbocycles. The first-order valence-corrected chi connectivity index (χ1v) is 5.26. The van der Waals surface area contributed by atoms with Crippen molar-refractivity contribution in [2.75, 3.05) is 13.2 Å². The molecule has 0 heterocycles. The molecule has 0 aromatic carbocycles. The van der Waals surface area contributed by atoms with E-state index in [1.807, 2.05) is 0 Å². The van der Waals surface area contributed by atoms with Gasteiger partial charge in [0, 0.05) is 12.6 Å². The maximum atomic E-state index is 9.14. The minimum Gasteiger partial charge on any atom is -0.394 e. The Labute approximate surface area is 80.2 Å². The highest BCUT2D eigenvalue weighted by molar-refractivity contribution is 4.77. The largest absolute Gasteiger partial charge is 0.394 e. The van der Waals surface area contributed by atoms with Crippen LogP contribution in [0.25, 0.3) is 0 Å². The van der Waals surface area contributed by atoms with Crippen LogP contribution in [0.1, 0.15) is 32.6 Å². The fourth-order valence-electron chi connectivity index (χ4n) is 2.01. The summed E-state index contributed by atoms with van der Waals surface area (Å²) < 4.78 is 0. The van der Waals surface area contributed by atoms with Crippen molar-refractivity contribution in [1.82, 2.24) is 5.32 Å².